The first-order valence-electron chi connectivity index (χ1n) is 6.93. The number of hydrogen-bond donors (Lipinski definition) is 2. The Balaban J connectivity index is 2.00. The standard InChI is InChI=1S/C17H17ClN2O2/c1-11(2)16(21)19-14-7-9-15(10-8-14)20-17(22)12-3-5-13(18)6-4-12/h3-11H,1-2H3,(H,19,21)(H,20,22). The van der Waals surface area contributed by atoms with E-state index >= 15 is 0 Å². The summed E-state index contributed by atoms with van der Waals surface area (Å²) in [4.78, 5) is 23.6. The van der Waals surface area contributed by atoms with Crippen molar-refractivity contribution >= 4 is 34.8 Å². The molecule has 0 heterocycles. The number of halogens is 1. The maximum absolute atomic E-state index is 12.1. The van der Waals surface area contributed by atoms with Crippen LogP contribution >= 0.6 is 11.6 Å². The van der Waals surface area contributed by atoms with E-state index in [9.17, 15) is 9.59 Å². The number of hydrogen-bond acceptors (Lipinski definition) is 2. The lowest BCUT2D eigenvalue weighted by atomic mass is 10.2. The van der Waals surface area contributed by atoms with Crippen molar-refractivity contribution in [2.75, 3.05) is 10.6 Å². The Morgan fingerprint density at radius 2 is 1.36 bits per heavy atom. The summed E-state index contributed by atoms with van der Waals surface area (Å²) in [6.45, 7) is 3.66. The fraction of sp³-hybridized carbons (Fsp3) is 0.176. The van der Waals surface area contributed by atoms with Gasteiger partial charge in [-0.1, -0.05) is 25.4 Å². The summed E-state index contributed by atoms with van der Waals surface area (Å²) in [7, 11) is 0. The van der Waals surface area contributed by atoms with Crippen molar-refractivity contribution in [3.8, 4) is 0 Å². The minimum absolute atomic E-state index is 0.0436. The van der Waals surface area contributed by atoms with E-state index in [2.05, 4.69) is 10.6 Å². The Morgan fingerprint density at radius 1 is 0.864 bits per heavy atom. The van der Waals surface area contributed by atoms with Gasteiger partial charge >= 0.3 is 0 Å². The molecule has 0 bridgehead atoms. The van der Waals surface area contributed by atoms with Crippen LogP contribution in [-0.4, -0.2) is 11.8 Å². The maximum Gasteiger partial charge on any atom is 0.255 e. The van der Waals surface area contributed by atoms with Crippen LogP contribution in [0.3, 0.4) is 0 Å². The van der Waals surface area contributed by atoms with Gasteiger partial charge in [0.2, 0.25) is 5.91 Å². The third kappa shape index (κ3) is 4.33. The Kier molecular flexibility index (Phi) is 5.17. The summed E-state index contributed by atoms with van der Waals surface area (Å²) in [5.41, 5.74) is 1.88. The lowest BCUT2D eigenvalue weighted by molar-refractivity contribution is -0.118. The highest BCUT2D eigenvalue weighted by atomic mass is 35.5. The zero-order valence-corrected chi connectivity index (χ0v) is 13.1. The number of nitrogens with one attached hydrogen (secondary N) is 2. The van der Waals surface area contributed by atoms with E-state index in [1.54, 1.807) is 48.5 Å². The van der Waals surface area contributed by atoms with Gasteiger partial charge in [0, 0.05) is 27.9 Å². The molecule has 22 heavy (non-hydrogen) atoms. The largest absolute Gasteiger partial charge is 0.326 e. The number of benzene rings is 2. The predicted octanol–water partition coefficient (Wildman–Crippen LogP) is 4.19. The quantitative estimate of drug-likeness (QED) is 0.888. The summed E-state index contributed by atoms with van der Waals surface area (Å²) in [6.07, 6.45) is 0. The molecule has 0 spiro atoms. The summed E-state index contributed by atoms with van der Waals surface area (Å²) >= 11 is 5.79. The van der Waals surface area contributed by atoms with Gasteiger partial charge in [-0.15, -0.1) is 0 Å². The van der Waals surface area contributed by atoms with Crippen LogP contribution in [0.25, 0.3) is 0 Å². The average Bonchev–Trinajstić information content (AvgIpc) is 2.49. The zero-order chi connectivity index (χ0) is 16.1. The van der Waals surface area contributed by atoms with Gasteiger partial charge in [0.05, 0.1) is 0 Å². The predicted molar refractivity (Wildman–Crippen MR) is 89.3 cm³/mol. The molecule has 0 aliphatic carbocycles. The highest BCUT2D eigenvalue weighted by Crippen LogP contribution is 2.16. The topological polar surface area (TPSA) is 58.2 Å². The van der Waals surface area contributed by atoms with Gasteiger partial charge in [-0.05, 0) is 48.5 Å². The molecule has 0 saturated heterocycles. The number of amides is 2. The summed E-state index contributed by atoms with van der Waals surface area (Å²) in [5.74, 6) is -0.335. The molecular weight excluding hydrogens is 300 g/mol. The normalized spacial score (nSPS) is 10.4. The minimum Gasteiger partial charge on any atom is -0.326 e. The van der Waals surface area contributed by atoms with Gasteiger partial charge in [0.25, 0.3) is 5.91 Å². The van der Waals surface area contributed by atoms with Crippen molar-refractivity contribution in [3.63, 3.8) is 0 Å². The minimum atomic E-state index is -0.212. The molecule has 2 aromatic rings. The summed E-state index contributed by atoms with van der Waals surface area (Å²) in [6, 6.07) is 13.6. The first kappa shape index (κ1) is 16.0. The van der Waals surface area contributed by atoms with Crippen LogP contribution in [0.2, 0.25) is 5.02 Å². The Morgan fingerprint density at radius 3 is 1.86 bits per heavy atom. The highest BCUT2D eigenvalue weighted by molar-refractivity contribution is 6.30. The molecule has 114 valence electrons. The molecule has 0 aliphatic rings. The summed E-state index contributed by atoms with van der Waals surface area (Å²) in [5, 5.41) is 6.16. The van der Waals surface area contributed by atoms with Crippen LogP contribution < -0.4 is 10.6 Å². The molecule has 4 nitrogen and oxygen atoms in total. The fourth-order valence-corrected chi connectivity index (χ4v) is 1.85. The molecule has 0 fully saturated rings. The third-order valence-corrected chi connectivity index (χ3v) is 3.29. The van der Waals surface area contributed by atoms with Gasteiger partial charge in [-0.3, -0.25) is 9.59 Å². The van der Waals surface area contributed by atoms with Crippen LogP contribution in [0.4, 0.5) is 11.4 Å². The summed E-state index contributed by atoms with van der Waals surface area (Å²) < 4.78 is 0. The monoisotopic (exact) mass is 316 g/mol. The third-order valence-electron chi connectivity index (χ3n) is 3.04. The van der Waals surface area contributed by atoms with E-state index in [1.807, 2.05) is 13.8 Å². The first-order chi connectivity index (χ1) is 10.5. The molecule has 2 amide bonds. The number of anilines is 2. The molecule has 0 radical (unpaired) electrons. The van der Waals surface area contributed by atoms with E-state index in [4.69, 9.17) is 11.6 Å². The fourth-order valence-electron chi connectivity index (χ4n) is 1.73. The average molecular weight is 317 g/mol. The Bertz CT molecular complexity index is 664. The van der Waals surface area contributed by atoms with Crippen LogP contribution in [0.5, 0.6) is 0 Å². The molecule has 2 N–H and O–H groups in total. The molecule has 2 aromatic carbocycles. The van der Waals surface area contributed by atoms with Crippen molar-refractivity contribution in [2.45, 2.75) is 13.8 Å². The molecular formula is C17H17ClN2O2. The van der Waals surface area contributed by atoms with E-state index in [1.165, 1.54) is 0 Å². The van der Waals surface area contributed by atoms with E-state index in [0.29, 0.717) is 22.0 Å². The van der Waals surface area contributed by atoms with Crippen LogP contribution in [0.15, 0.2) is 48.5 Å². The Labute approximate surface area is 134 Å². The van der Waals surface area contributed by atoms with Crippen molar-refractivity contribution in [1.29, 1.82) is 0 Å². The Hall–Kier alpha value is -2.33. The lowest BCUT2D eigenvalue weighted by Gasteiger charge is -2.09. The number of carbonyl (C=O) groups is 2. The molecule has 5 heteroatoms. The van der Waals surface area contributed by atoms with Crippen LogP contribution in [0, 0.1) is 5.92 Å². The van der Waals surface area contributed by atoms with Crippen molar-refractivity contribution in [3.05, 3.63) is 59.1 Å². The smallest absolute Gasteiger partial charge is 0.255 e. The van der Waals surface area contributed by atoms with E-state index in [-0.39, 0.29) is 17.7 Å². The van der Waals surface area contributed by atoms with E-state index in [0.717, 1.165) is 0 Å². The lowest BCUT2D eigenvalue weighted by Crippen LogP contribution is -2.17. The molecule has 0 atom stereocenters. The van der Waals surface area contributed by atoms with Gasteiger partial charge < -0.3 is 10.6 Å². The first-order valence-corrected chi connectivity index (χ1v) is 7.31. The van der Waals surface area contributed by atoms with Crippen molar-refractivity contribution in [2.24, 2.45) is 5.92 Å². The SMILES string of the molecule is CC(C)C(=O)Nc1ccc(NC(=O)c2ccc(Cl)cc2)cc1. The zero-order valence-electron chi connectivity index (χ0n) is 12.4. The molecule has 0 saturated carbocycles. The maximum atomic E-state index is 12.1. The van der Waals surface area contributed by atoms with Gasteiger partial charge in [0.1, 0.15) is 0 Å². The van der Waals surface area contributed by atoms with E-state index < -0.39 is 0 Å². The molecule has 0 aromatic heterocycles. The second kappa shape index (κ2) is 7.09. The molecule has 0 unspecified atom stereocenters. The van der Waals surface area contributed by atoms with Crippen LogP contribution in [-0.2, 0) is 4.79 Å². The van der Waals surface area contributed by atoms with Gasteiger partial charge in [-0.2, -0.15) is 0 Å². The van der Waals surface area contributed by atoms with Crippen molar-refractivity contribution in [1.82, 2.24) is 0 Å². The van der Waals surface area contributed by atoms with Gasteiger partial charge in [-0.25, -0.2) is 0 Å². The second-order valence-electron chi connectivity index (χ2n) is 5.18. The number of carbonyl (C=O) groups excluding carboxylic acids is 2. The van der Waals surface area contributed by atoms with Gasteiger partial charge in [0.15, 0.2) is 0 Å². The number of rotatable bonds is 4. The molecule has 0 aliphatic heterocycles. The van der Waals surface area contributed by atoms with Crippen molar-refractivity contribution < 1.29 is 9.59 Å². The highest BCUT2D eigenvalue weighted by Gasteiger charge is 2.08. The van der Waals surface area contributed by atoms with Crippen LogP contribution in [0.1, 0.15) is 24.2 Å². The second-order valence-corrected chi connectivity index (χ2v) is 5.62. The molecule has 2 rings (SSSR count).